The number of pyridine rings is 1. The first kappa shape index (κ1) is 11.7. The van der Waals surface area contributed by atoms with E-state index in [1.807, 2.05) is 32.1 Å². The van der Waals surface area contributed by atoms with Crippen LogP contribution < -0.4 is 4.74 Å². The van der Waals surface area contributed by atoms with E-state index in [1.54, 1.807) is 20.4 Å². The molecule has 3 nitrogen and oxygen atoms in total. The first-order valence-corrected chi connectivity index (χ1v) is 4.89. The van der Waals surface area contributed by atoms with Crippen LogP contribution in [-0.2, 0) is 4.74 Å². The molecular formula is C12H17NO2. The largest absolute Gasteiger partial charge is 0.481 e. The van der Waals surface area contributed by atoms with Crippen molar-refractivity contribution in [3.63, 3.8) is 0 Å². The summed E-state index contributed by atoms with van der Waals surface area (Å²) in [6, 6.07) is 1.96. The Morgan fingerprint density at radius 2 is 2.13 bits per heavy atom. The van der Waals surface area contributed by atoms with Crippen LogP contribution in [0.2, 0.25) is 0 Å². The van der Waals surface area contributed by atoms with Crippen LogP contribution >= 0.6 is 0 Å². The van der Waals surface area contributed by atoms with E-state index < -0.39 is 0 Å². The van der Waals surface area contributed by atoms with Crippen LogP contribution in [0.25, 0.3) is 6.08 Å². The maximum absolute atomic E-state index is 5.19. The monoisotopic (exact) mass is 207 g/mol. The lowest BCUT2D eigenvalue weighted by molar-refractivity contribution is 0.157. The Labute approximate surface area is 90.7 Å². The maximum atomic E-state index is 5.19. The summed E-state index contributed by atoms with van der Waals surface area (Å²) in [5.74, 6) is 0.648. The average molecular weight is 207 g/mol. The fraction of sp³-hybridized carbons (Fsp3) is 0.417. The molecule has 0 saturated carbocycles. The van der Waals surface area contributed by atoms with Crippen molar-refractivity contribution in [2.75, 3.05) is 14.2 Å². The highest BCUT2D eigenvalue weighted by Crippen LogP contribution is 2.20. The summed E-state index contributed by atoms with van der Waals surface area (Å²) in [4.78, 5) is 4.15. The fourth-order valence-corrected chi connectivity index (χ4v) is 1.22. The number of methoxy groups -OCH3 is 2. The molecule has 0 radical (unpaired) electrons. The Balaban J connectivity index is 2.97. The molecule has 0 saturated heterocycles. The minimum absolute atomic E-state index is 0.0920. The summed E-state index contributed by atoms with van der Waals surface area (Å²) in [7, 11) is 3.31. The van der Waals surface area contributed by atoms with Crippen LogP contribution in [0.3, 0.4) is 0 Å². The van der Waals surface area contributed by atoms with Gasteiger partial charge in [0.2, 0.25) is 5.88 Å². The second kappa shape index (κ2) is 5.51. The van der Waals surface area contributed by atoms with Gasteiger partial charge >= 0.3 is 0 Å². The van der Waals surface area contributed by atoms with Crippen LogP contribution in [0.1, 0.15) is 18.1 Å². The Kier molecular flexibility index (Phi) is 4.31. The molecule has 0 N–H and O–H groups in total. The van der Waals surface area contributed by atoms with Crippen LogP contribution in [0.5, 0.6) is 5.88 Å². The number of rotatable bonds is 4. The van der Waals surface area contributed by atoms with E-state index >= 15 is 0 Å². The summed E-state index contributed by atoms with van der Waals surface area (Å²) in [6.45, 7) is 4.01. The molecule has 0 spiro atoms. The summed E-state index contributed by atoms with van der Waals surface area (Å²) in [5, 5.41) is 0. The van der Waals surface area contributed by atoms with Crippen molar-refractivity contribution in [2.45, 2.75) is 20.0 Å². The van der Waals surface area contributed by atoms with E-state index in [1.165, 1.54) is 0 Å². The number of hydrogen-bond acceptors (Lipinski definition) is 3. The SMILES string of the molecule is COc1nccc(C)c1/C=C\C(C)OC. The van der Waals surface area contributed by atoms with Gasteiger partial charge in [-0.25, -0.2) is 4.98 Å². The van der Waals surface area contributed by atoms with Gasteiger partial charge in [0.15, 0.2) is 0 Å². The second-order valence-corrected chi connectivity index (χ2v) is 3.35. The third-order valence-electron chi connectivity index (χ3n) is 2.27. The Bertz CT molecular complexity index is 347. The third-order valence-corrected chi connectivity index (χ3v) is 2.27. The molecule has 1 aromatic rings. The lowest BCUT2D eigenvalue weighted by Crippen LogP contribution is -1.99. The zero-order valence-electron chi connectivity index (χ0n) is 9.65. The number of nitrogens with zero attached hydrogens (tertiary/aromatic N) is 1. The minimum atomic E-state index is 0.0920. The van der Waals surface area contributed by atoms with Crippen LogP contribution in [0.4, 0.5) is 0 Å². The fourth-order valence-electron chi connectivity index (χ4n) is 1.22. The molecule has 82 valence electrons. The summed E-state index contributed by atoms with van der Waals surface area (Å²) < 4.78 is 10.3. The van der Waals surface area contributed by atoms with Crippen molar-refractivity contribution >= 4 is 6.08 Å². The minimum Gasteiger partial charge on any atom is -0.481 e. The molecule has 0 bridgehead atoms. The molecular weight excluding hydrogens is 190 g/mol. The molecule has 3 heteroatoms. The van der Waals surface area contributed by atoms with Crippen molar-refractivity contribution in [3.8, 4) is 5.88 Å². The molecule has 1 heterocycles. The smallest absolute Gasteiger partial charge is 0.220 e. The molecule has 0 amide bonds. The summed E-state index contributed by atoms with van der Waals surface area (Å²) >= 11 is 0. The van der Waals surface area contributed by atoms with Crippen molar-refractivity contribution in [1.29, 1.82) is 0 Å². The number of ether oxygens (including phenoxy) is 2. The molecule has 0 aliphatic heterocycles. The van der Waals surface area contributed by atoms with Crippen molar-refractivity contribution in [1.82, 2.24) is 4.98 Å². The van der Waals surface area contributed by atoms with Crippen molar-refractivity contribution < 1.29 is 9.47 Å². The van der Waals surface area contributed by atoms with Gasteiger partial charge in [0.1, 0.15) is 0 Å². The van der Waals surface area contributed by atoms with E-state index in [0.29, 0.717) is 5.88 Å². The van der Waals surface area contributed by atoms with E-state index in [9.17, 15) is 0 Å². The zero-order chi connectivity index (χ0) is 11.3. The Morgan fingerprint density at radius 3 is 2.73 bits per heavy atom. The molecule has 1 aromatic heterocycles. The van der Waals surface area contributed by atoms with Crippen LogP contribution in [-0.4, -0.2) is 25.3 Å². The molecule has 0 aromatic carbocycles. The lowest BCUT2D eigenvalue weighted by Gasteiger charge is -2.07. The molecule has 1 rings (SSSR count). The van der Waals surface area contributed by atoms with Crippen LogP contribution in [0, 0.1) is 6.92 Å². The molecule has 1 unspecified atom stereocenters. The molecule has 1 atom stereocenters. The topological polar surface area (TPSA) is 31.4 Å². The van der Waals surface area contributed by atoms with Crippen LogP contribution in [0.15, 0.2) is 18.3 Å². The average Bonchev–Trinajstić information content (AvgIpc) is 2.26. The summed E-state index contributed by atoms with van der Waals surface area (Å²) in [6.07, 6.45) is 5.79. The van der Waals surface area contributed by atoms with E-state index in [4.69, 9.17) is 9.47 Å². The van der Waals surface area contributed by atoms with Gasteiger partial charge in [-0.05, 0) is 25.5 Å². The second-order valence-electron chi connectivity index (χ2n) is 3.35. The molecule has 0 aliphatic carbocycles. The molecule has 0 fully saturated rings. The van der Waals surface area contributed by atoms with Gasteiger partial charge in [-0.15, -0.1) is 0 Å². The van der Waals surface area contributed by atoms with E-state index in [2.05, 4.69) is 4.98 Å². The molecule has 0 aliphatic rings. The zero-order valence-corrected chi connectivity index (χ0v) is 9.65. The Hall–Kier alpha value is -1.35. The third kappa shape index (κ3) is 3.06. The quantitative estimate of drug-likeness (QED) is 0.760. The first-order valence-electron chi connectivity index (χ1n) is 4.89. The van der Waals surface area contributed by atoms with E-state index in [-0.39, 0.29) is 6.10 Å². The van der Waals surface area contributed by atoms with E-state index in [0.717, 1.165) is 11.1 Å². The van der Waals surface area contributed by atoms with Gasteiger partial charge in [0.25, 0.3) is 0 Å². The first-order chi connectivity index (χ1) is 7.19. The van der Waals surface area contributed by atoms with Gasteiger partial charge in [-0.3, -0.25) is 0 Å². The van der Waals surface area contributed by atoms with Gasteiger partial charge in [-0.2, -0.15) is 0 Å². The predicted molar refractivity (Wildman–Crippen MR) is 61.0 cm³/mol. The van der Waals surface area contributed by atoms with Gasteiger partial charge in [0.05, 0.1) is 13.2 Å². The highest BCUT2D eigenvalue weighted by Gasteiger charge is 2.04. The Morgan fingerprint density at radius 1 is 1.40 bits per heavy atom. The predicted octanol–water partition coefficient (Wildman–Crippen LogP) is 2.45. The standard InChI is InChI=1S/C12H17NO2/c1-9-7-8-13-12(15-4)11(9)6-5-10(2)14-3/h5-8,10H,1-4H3/b6-5-. The van der Waals surface area contributed by atoms with Crippen molar-refractivity contribution in [2.24, 2.45) is 0 Å². The lowest BCUT2D eigenvalue weighted by atomic mass is 10.1. The van der Waals surface area contributed by atoms with Gasteiger partial charge in [-0.1, -0.05) is 12.2 Å². The van der Waals surface area contributed by atoms with Crippen molar-refractivity contribution in [3.05, 3.63) is 29.5 Å². The highest BCUT2D eigenvalue weighted by molar-refractivity contribution is 5.58. The number of hydrogen-bond donors (Lipinski definition) is 0. The number of aryl methyl sites for hydroxylation is 1. The molecule has 15 heavy (non-hydrogen) atoms. The van der Waals surface area contributed by atoms with Gasteiger partial charge in [0, 0.05) is 18.9 Å². The van der Waals surface area contributed by atoms with Gasteiger partial charge < -0.3 is 9.47 Å². The normalized spacial score (nSPS) is 13.1. The maximum Gasteiger partial charge on any atom is 0.220 e. The summed E-state index contributed by atoms with van der Waals surface area (Å²) in [5.41, 5.74) is 2.14. The number of aromatic nitrogens is 1. The highest BCUT2D eigenvalue weighted by atomic mass is 16.5.